The Morgan fingerprint density at radius 2 is 1.64 bits per heavy atom. The molecule has 14 heavy (non-hydrogen) atoms. The van der Waals surface area contributed by atoms with Gasteiger partial charge in [0, 0.05) is 6.42 Å². The van der Waals surface area contributed by atoms with Crippen LogP contribution in [0.4, 0.5) is 0 Å². The van der Waals surface area contributed by atoms with Crippen molar-refractivity contribution in [1.29, 1.82) is 0 Å². The summed E-state index contributed by atoms with van der Waals surface area (Å²) < 4.78 is 0. The van der Waals surface area contributed by atoms with Crippen molar-refractivity contribution in [2.75, 3.05) is 6.61 Å². The third-order valence-corrected chi connectivity index (χ3v) is 1.93. The number of ketones is 1. The number of carbonyl (C=O) groups excluding carboxylic acids is 1. The fourth-order valence-corrected chi connectivity index (χ4v) is 0.922. The molecule has 0 saturated heterocycles. The fourth-order valence-electron chi connectivity index (χ4n) is 0.922. The van der Waals surface area contributed by atoms with Gasteiger partial charge in [-0.2, -0.15) is 0 Å². The van der Waals surface area contributed by atoms with Gasteiger partial charge in [-0.3, -0.25) is 4.79 Å². The van der Waals surface area contributed by atoms with Gasteiger partial charge >= 0.3 is 0 Å². The molecule has 0 fully saturated rings. The van der Waals surface area contributed by atoms with Gasteiger partial charge in [0.1, 0.15) is 24.4 Å². The van der Waals surface area contributed by atoms with E-state index in [2.05, 4.69) is 0 Å². The molecule has 1 unspecified atom stereocenters. The third kappa shape index (κ3) is 3.32. The second kappa shape index (κ2) is 6.05. The molecule has 0 bridgehead atoms. The number of hydrogen-bond donors (Lipinski definition) is 5. The standard InChI is InChI=1S/C8H16O6/c1-2-4(10)6(12)8(14)7(13)5(11)3-9/h5-9,11-14H,2-3H2,1H3/t5-,6?,7+,8+/m1/s1. The summed E-state index contributed by atoms with van der Waals surface area (Å²) >= 11 is 0. The predicted octanol–water partition coefficient (Wildman–Crippen LogP) is -2.60. The Bertz CT molecular complexity index is 183. The van der Waals surface area contributed by atoms with Crippen molar-refractivity contribution < 1.29 is 30.3 Å². The Balaban J connectivity index is 4.30. The molecule has 0 spiro atoms. The maximum atomic E-state index is 10.9. The van der Waals surface area contributed by atoms with Crippen LogP contribution in [0, 0.1) is 0 Å². The van der Waals surface area contributed by atoms with Crippen LogP contribution in [0.25, 0.3) is 0 Å². The van der Waals surface area contributed by atoms with Crippen molar-refractivity contribution in [1.82, 2.24) is 0 Å². The number of rotatable bonds is 6. The van der Waals surface area contributed by atoms with Gasteiger partial charge in [-0.1, -0.05) is 6.92 Å². The summed E-state index contributed by atoms with van der Waals surface area (Å²) in [5.41, 5.74) is 0. The van der Waals surface area contributed by atoms with Crippen LogP contribution in [0.15, 0.2) is 0 Å². The van der Waals surface area contributed by atoms with Crippen molar-refractivity contribution in [3.8, 4) is 0 Å². The second-order valence-electron chi connectivity index (χ2n) is 3.00. The molecule has 0 aliphatic rings. The molecule has 0 aliphatic heterocycles. The largest absolute Gasteiger partial charge is 0.394 e. The van der Waals surface area contributed by atoms with E-state index in [4.69, 9.17) is 20.4 Å². The zero-order valence-electron chi connectivity index (χ0n) is 7.87. The quantitative estimate of drug-likeness (QED) is 0.327. The molecular formula is C8H16O6. The molecule has 4 atom stereocenters. The molecule has 6 heteroatoms. The lowest BCUT2D eigenvalue weighted by Crippen LogP contribution is -2.48. The normalized spacial score (nSPS) is 19.9. The summed E-state index contributed by atoms with van der Waals surface area (Å²) in [6, 6.07) is 0. The Hall–Kier alpha value is -0.530. The number of Topliss-reactive ketones (excluding diaryl/α,β-unsaturated/α-hetero) is 1. The molecule has 0 rings (SSSR count). The average Bonchev–Trinajstić information content (AvgIpc) is 2.23. The highest BCUT2D eigenvalue weighted by molar-refractivity contribution is 5.83. The Labute approximate surface area is 81.4 Å². The van der Waals surface area contributed by atoms with Crippen molar-refractivity contribution in [3.05, 3.63) is 0 Å². The summed E-state index contributed by atoms with van der Waals surface area (Å²) in [7, 11) is 0. The minimum atomic E-state index is -1.79. The lowest BCUT2D eigenvalue weighted by atomic mass is 9.99. The maximum absolute atomic E-state index is 10.9. The van der Waals surface area contributed by atoms with Gasteiger partial charge in [-0.25, -0.2) is 0 Å². The van der Waals surface area contributed by atoms with E-state index >= 15 is 0 Å². The first-order chi connectivity index (χ1) is 6.45. The van der Waals surface area contributed by atoms with Gasteiger partial charge in [0.15, 0.2) is 5.78 Å². The zero-order chi connectivity index (χ0) is 11.3. The highest BCUT2D eigenvalue weighted by atomic mass is 16.4. The SMILES string of the molecule is CCC(=O)C(O)[C@H](O)[C@@H](O)[C@H](O)CO. The van der Waals surface area contributed by atoms with E-state index in [1.807, 2.05) is 0 Å². The van der Waals surface area contributed by atoms with Crippen LogP contribution in [0.5, 0.6) is 0 Å². The topological polar surface area (TPSA) is 118 Å². The zero-order valence-corrected chi connectivity index (χ0v) is 7.87. The molecule has 5 N–H and O–H groups in total. The van der Waals surface area contributed by atoms with Gasteiger partial charge < -0.3 is 25.5 Å². The monoisotopic (exact) mass is 208 g/mol. The van der Waals surface area contributed by atoms with Crippen molar-refractivity contribution >= 4 is 5.78 Å². The molecule has 84 valence electrons. The van der Waals surface area contributed by atoms with E-state index < -0.39 is 36.8 Å². The number of hydrogen-bond acceptors (Lipinski definition) is 6. The molecule has 0 amide bonds. The Morgan fingerprint density at radius 1 is 1.14 bits per heavy atom. The Kier molecular flexibility index (Phi) is 5.82. The van der Waals surface area contributed by atoms with E-state index in [0.717, 1.165) is 0 Å². The maximum Gasteiger partial charge on any atom is 0.163 e. The first-order valence-electron chi connectivity index (χ1n) is 4.31. The van der Waals surface area contributed by atoms with Crippen molar-refractivity contribution in [3.63, 3.8) is 0 Å². The van der Waals surface area contributed by atoms with Crippen LogP contribution in [0.2, 0.25) is 0 Å². The van der Waals surface area contributed by atoms with E-state index in [9.17, 15) is 9.90 Å². The number of aliphatic hydroxyl groups excluding tert-OH is 5. The minimum Gasteiger partial charge on any atom is -0.394 e. The molecular weight excluding hydrogens is 192 g/mol. The van der Waals surface area contributed by atoms with Crippen molar-refractivity contribution in [2.45, 2.75) is 37.8 Å². The second-order valence-corrected chi connectivity index (χ2v) is 3.00. The van der Waals surface area contributed by atoms with E-state index in [-0.39, 0.29) is 6.42 Å². The summed E-state index contributed by atoms with van der Waals surface area (Å²) in [6.07, 6.45) is -6.84. The first kappa shape index (κ1) is 13.5. The van der Waals surface area contributed by atoms with Gasteiger partial charge in [0.2, 0.25) is 0 Å². The minimum absolute atomic E-state index is 0.0141. The lowest BCUT2D eigenvalue weighted by Gasteiger charge is -2.24. The average molecular weight is 208 g/mol. The summed E-state index contributed by atoms with van der Waals surface area (Å²) in [6.45, 7) is 0.735. The van der Waals surface area contributed by atoms with Gasteiger partial charge in [-0.15, -0.1) is 0 Å². The van der Waals surface area contributed by atoms with E-state index in [0.29, 0.717) is 0 Å². The molecule has 0 aromatic carbocycles. The fraction of sp³-hybridized carbons (Fsp3) is 0.875. The van der Waals surface area contributed by atoms with E-state index in [1.54, 1.807) is 0 Å². The van der Waals surface area contributed by atoms with Crippen LogP contribution < -0.4 is 0 Å². The number of aliphatic hydroxyl groups is 5. The molecule has 0 aliphatic carbocycles. The first-order valence-corrected chi connectivity index (χ1v) is 4.31. The summed E-state index contributed by atoms with van der Waals surface area (Å²) in [4.78, 5) is 10.9. The van der Waals surface area contributed by atoms with Crippen LogP contribution in [0.1, 0.15) is 13.3 Å². The highest BCUT2D eigenvalue weighted by Crippen LogP contribution is 2.07. The molecule has 0 aromatic rings. The lowest BCUT2D eigenvalue weighted by molar-refractivity contribution is -0.146. The van der Waals surface area contributed by atoms with Gasteiger partial charge in [0.05, 0.1) is 6.61 Å². The highest BCUT2D eigenvalue weighted by Gasteiger charge is 2.32. The molecule has 0 heterocycles. The Morgan fingerprint density at radius 3 is 2.00 bits per heavy atom. The third-order valence-electron chi connectivity index (χ3n) is 1.93. The van der Waals surface area contributed by atoms with Crippen LogP contribution in [-0.2, 0) is 4.79 Å². The van der Waals surface area contributed by atoms with Gasteiger partial charge in [-0.05, 0) is 0 Å². The smallest absolute Gasteiger partial charge is 0.163 e. The van der Waals surface area contributed by atoms with Crippen LogP contribution in [-0.4, -0.2) is 62.3 Å². The van der Waals surface area contributed by atoms with Crippen molar-refractivity contribution in [2.24, 2.45) is 0 Å². The predicted molar refractivity (Wildman–Crippen MR) is 46.4 cm³/mol. The number of carbonyl (C=O) groups is 1. The van der Waals surface area contributed by atoms with Crippen LogP contribution >= 0.6 is 0 Å². The molecule has 6 nitrogen and oxygen atoms in total. The molecule has 0 radical (unpaired) electrons. The molecule has 0 saturated carbocycles. The van der Waals surface area contributed by atoms with E-state index in [1.165, 1.54) is 6.92 Å². The van der Waals surface area contributed by atoms with Gasteiger partial charge in [0.25, 0.3) is 0 Å². The van der Waals surface area contributed by atoms with Crippen LogP contribution in [0.3, 0.4) is 0 Å². The summed E-state index contributed by atoms with van der Waals surface area (Å²) in [5, 5.41) is 44.8. The summed E-state index contributed by atoms with van der Waals surface area (Å²) in [5.74, 6) is -0.637. The molecule has 0 aromatic heterocycles.